The van der Waals surface area contributed by atoms with Crippen LogP contribution in [0.15, 0.2) is 42.3 Å². The molecule has 1 N–H and O–H groups in total. The molecule has 2 aromatic rings. The third-order valence-electron chi connectivity index (χ3n) is 7.12. The van der Waals surface area contributed by atoms with Gasteiger partial charge in [0.25, 0.3) is 11.8 Å². The first-order valence-corrected chi connectivity index (χ1v) is 11.3. The zero-order valence-electron chi connectivity index (χ0n) is 18.9. The Hall–Kier alpha value is -3.28. The summed E-state index contributed by atoms with van der Waals surface area (Å²) < 4.78 is 6.18. The van der Waals surface area contributed by atoms with Crippen LogP contribution in [0.4, 0.5) is 0 Å². The maximum Gasteiger partial charge on any atom is 0.274 e. The van der Waals surface area contributed by atoms with Crippen LogP contribution in [0.1, 0.15) is 50.9 Å². The molecule has 32 heavy (non-hydrogen) atoms. The van der Waals surface area contributed by atoms with E-state index in [0.717, 1.165) is 39.9 Å². The third kappa shape index (κ3) is 2.58. The molecule has 0 radical (unpaired) electrons. The van der Waals surface area contributed by atoms with Crippen molar-refractivity contribution in [1.82, 2.24) is 14.8 Å². The molecule has 6 heteroatoms. The molecule has 6 nitrogen and oxygen atoms in total. The Morgan fingerprint density at radius 1 is 1.12 bits per heavy atom. The van der Waals surface area contributed by atoms with Crippen molar-refractivity contribution in [3.63, 3.8) is 0 Å². The van der Waals surface area contributed by atoms with Crippen LogP contribution in [0, 0.1) is 0 Å². The number of ether oxygens (including phenoxy) is 1. The fourth-order valence-corrected chi connectivity index (χ4v) is 5.41. The van der Waals surface area contributed by atoms with Crippen LogP contribution in [0.2, 0.25) is 0 Å². The van der Waals surface area contributed by atoms with Crippen molar-refractivity contribution < 1.29 is 14.3 Å². The Labute approximate surface area is 187 Å². The van der Waals surface area contributed by atoms with Gasteiger partial charge in [-0.3, -0.25) is 9.59 Å². The number of H-pyrrole nitrogens is 1. The average molecular weight is 430 g/mol. The summed E-state index contributed by atoms with van der Waals surface area (Å²) in [7, 11) is 0. The number of aromatic nitrogens is 1. The molecule has 0 bridgehead atoms. The first-order valence-electron chi connectivity index (χ1n) is 11.3. The molecule has 164 valence electrons. The monoisotopic (exact) mass is 429 g/mol. The zero-order chi connectivity index (χ0) is 22.4. The fraction of sp³-hybridized carbons (Fsp3) is 0.385. The molecule has 2 amide bonds. The van der Waals surface area contributed by atoms with Gasteiger partial charge in [0.1, 0.15) is 23.1 Å². The van der Waals surface area contributed by atoms with Gasteiger partial charge in [-0.1, -0.05) is 26.0 Å². The van der Waals surface area contributed by atoms with Gasteiger partial charge in [-0.25, -0.2) is 0 Å². The molecule has 1 atom stereocenters. The van der Waals surface area contributed by atoms with Crippen LogP contribution in [-0.4, -0.2) is 44.8 Å². The molecule has 1 unspecified atom stereocenters. The van der Waals surface area contributed by atoms with Crippen LogP contribution >= 0.6 is 0 Å². The van der Waals surface area contributed by atoms with E-state index in [1.807, 2.05) is 38.3 Å². The highest BCUT2D eigenvalue weighted by atomic mass is 16.5. The first-order chi connectivity index (χ1) is 15.2. The number of carbonyl (C=O) groups is 2. The number of benzene rings is 1. The van der Waals surface area contributed by atoms with E-state index in [-0.39, 0.29) is 22.8 Å². The summed E-state index contributed by atoms with van der Waals surface area (Å²) in [4.78, 5) is 33.6. The van der Waals surface area contributed by atoms with Gasteiger partial charge in [-0.15, -0.1) is 0 Å². The minimum absolute atomic E-state index is 0.000875. The molecule has 0 saturated carbocycles. The Kier molecular flexibility index (Phi) is 3.73. The largest absolute Gasteiger partial charge is 0.483 e. The summed E-state index contributed by atoms with van der Waals surface area (Å²) in [6.07, 6.45) is 11.1. The number of nitrogens with zero attached hydrogens (tertiary/aromatic N) is 2. The van der Waals surface area contributed by atoms with E-state index in [0.29, 0.717) is 18.7 Å². The van der Waals surface area contributed by atoms with E-state index in [9.17, 15) is 9.59 Å². The number of carbonyl (C=O) groups excluding carboxylic acids is 2. The van der Waals surface area contributed by atoms with Crippen molar-refractivity contribution in [1.29, 1.82) is 0 Å². The molecular formula is C26H27N3O3. The minimum Gasteiger partial charge on any atom is -0.483 e. The smallest absolute Gasteiger partial charge is 0.274 e. The molecule has 0 aliphatic carbocycles. The van der Waals surface area contributed by atoms with Crippen molar-refractivity contribution in [2.24, 2.45) is 0 Å². The second kappa shape index (κ2) is 6.15. The van der Waals surface area contributed by atoms with Gasteiger partial charge in [-0.05, 0) is 50.1 Å². The number of nitrogens with one attached hydrogen (secondary N) is 1. The normalized spacial score (nSPS) is 24.9. The minimum atomic E-state index is -0.537. The predicted molar refractivity (Wildman–Crippen MR) is 123 cm³/mol. The van der Waals surface area contributed by atoms with Crippen molar-refractivity contribution in [3.05, 3.63) is 59.1 Å². The van der Waals surface area contributed by atoms with Gasteiger partial charge >= 0.3 is 0 Å². The zero-order valence-corrected chi connectivity index (χ0v) is 18.9. The molecule has 1 aromatic heterocycles. The van der Waals surface area contributed by atoms with Gasteiger partial charge in [0, 0.05) is 41.2 Å². The number of piperazine rings is 1. The molecule has 1 saturated heterocycles. The Balaban J connectivity index is 1.54. The molecule has 1 fully saturated rings. The van der Waals surface area contributed by atoms with Crippen LogP contribution in [0.25, 0.3) is 17.0 Å². The Bertz CT molecular complexity index is 1290. The molecule has 1 aromatic carbocycles. The SMILES string of the molecule is CC1(C)C=Cc2c(ccc3c4c([nH]c23)C(C)(C)C=CN2C(=O)C3=CCCN3C(=O)C2C4)O1. The molecule has 4 aliphatic rings. The van der Waals surface area contributed by atoms with Crippen molar-refractivity contribution in [2.75, 3.05) is 6.54 Å². The quantitative estimate of drug-likeness (QED) is 0.688. The number of rotatable bonds is 0. The molecule has 6 rings (SSSR count). The van der Waals surface area contributed by atoms with Crippen molar-refractivity contribution in [3.8, 4) is 5.75 Å². The summed E-state index contributed by atoms with van der Waals surface area (Å²) in [5.74, 6) is 0.768. The lowest BCUT2D eigenvalue weighted by molar-refractivity contribution is -0.147. The average Bonchev–Trinajstić information content (AvgIpc) is 3.35. The lowest BCUT2D eigenvalue weighted by Gasteiger charge is -2.40. The summed E-state index contributed by atoms with van der Waals surface area (Å²) >= 11 is 0. The molecule has 0 spiro atoms. The predicted octanol–water partition coefficient (Wildman–Crippen LogP) is 4.03. The maximum atomic E-state index is 13.4. The topological polar surface area (TPSA) is 65.6 Å². The number of fused-ring (bicyclic) bond motifs is 7. The highest BCUT2D eigenvalue weighted by Crippen LogP contribution is 2.42. The lowest BCUT2D eigenvalue weighted by Crippen LogP contribution is -2.56. The number of aromatic amines is 1. The fourth-order valence-electron chi connectivity index (χ4n) is 5.41. The first kappa shape index (κ1) is 19.4. The summed E-state index contributed by atoms with van der Waals surface area (Å²) in [6, 6.07) is 3.57. The number of hydrogen-bond acceptors (Lipinski definition) is 3. The van der Waals surface area contributed by atoms with Crippen molar-refractivity contribution in [2.45, 2.75) is 57.6 Å². The van der Waals surface area contributed by atoms with E-state index in [2.05, 4.69) is 37.0 Å². The van der Waals surface area contributed by atoms with Gasteiger partial charge in [-0.2, -0.15) is 0 Å². The summed E-state index contributed by atoms with van der Waals surface area (Å²) in [5, 5.41) is 1.08. The van der Waals surface area contributed by atoms with Crippen molar-refractivity contribution >= 4 is 28.8 Å². The van der Waals surface area contributed by atoms with E-state index < -0.39 is 6.04 Å². The van der Waals surface area contributed by atoms with Crippen LogP contribution in [0.3, 0.4) is 0 Å². The molecular weight excluding hydrogens is 402 g/mol. The number of allylic oxidation sites excluding steroid dienone is 1. The van der Waals surface area contributed by atoms with Gasteiger partial charge < -0.3 is 19.5 Å². The number of amides is 2. The maximum absolute atomic E-state index is 13.4. The van der Waals surface area contributed by atoms with E-state index in [4.69, 9.17) is 4.74 Å². The Morgan fingerprint density at radius 2 is 1.94 bits per heavy atom. The molecule has 5 heterocycles. The van der Waals surface area contributed by atoms with Gasteiger partial charge in [0.05, 0.1) is 5.52 Å². The second-order valence-electron chi connectivity index (χ2n) is 10.3. The third-order valence-corrected chi connectivity index (χ3v) is 7.12. The van der Waals surface area contributed by atoms with Gasteiger partial charge in [0.15, 0.2) is 0 Å². The highest BCUT2D eigenvalue weighted by molar-refractivity contribution is 6.06. The van der Waals surface area contributed by atoms with Gasteiger partial charge in [0.2, 0.25) is 0 Å². The molecule has 4 aliphatic heterocycles. The van der Waals surface area contributed by atoms with Crippen LogP contribution < -0.4 is 4.74 Å². The highest BCUT2D eigenvalue weighted by Gasteiger charge is 2.45. The number of hydrogen-bond donors (Lipinski definition) is 1. The van der Waals surface area contributed by atoms with Crippen LogP contribution in [-0.2, 0) is 21.4 Å². The lowest BCUT2D eigenvalue weighted by atomic mass is 9.82. The van der Waals surface area contributed by atoms with Crippen LogP contribution in [0.5, 0.6) is 5.75 Å². The summed E-state index contributed by atoms with van der Waals surface area (Å²) in [5.41, 5.74) is 4.06. The standard InChI is InChI=1S/C26H27N3O3/c1-25(2)11-13-29-19(24(31)28-12-5-6-18(28)23(29)30)14-17-15-7-8-20-16(21(15)27-22(17)25)9-10-26(3,4)32-20/h6-11,13,19,27H,5,12,14H2,1-4H3. The second-order valence-corrected chi connectivity index (χ2v) is 10.3. The Morgan fingerprint density at radius 3 is 2.75 bits per heavy atom. The van der Waals surface area contributed by atoms with E-state index >= 15 is 0 Å². The van der Waals surface area contributed by atoms with E-state index in [1.54, 1.807) is 9.80 Å². The van der Waals surface area contributed by atoms with E-state index in [1.165, 1.54) is 0 Å². The summed E-state index contributed by atoms with van der Waals surface area (Å²) in [6.45, 7) is 8.94.